The fourth-order valence-corrected chi connectivity index (χ4v) is 8.05. The summed E-state index contributed by atoms with van der Waals surface area (Å²) < 4.78 is 61.9. The molecule has 0 saturated carbocycles. The Bertz CT molecular complexity index is 1840. The molecular weight excluding hydrogens is 807 g/mol. The monoisotopic (exact) mass is 847 g/mol. The number of amides is 2. The number of hydrogen-bond donors (Lipinski definition) is 9. The molecule has 2 aromatic rings. The first-order valence-electron chi connectivity index (χ1n) is 15.5. The molecule has 7 atom stereocenters. The Morgan fingerprint density at radius 1 is 1.09 bits per heavy atom. The maximum atomic E-state index is 12.6. The van der Waals surface area contributed by atoms with Crippen molar-refractivity contribution < 1.29 is 80.5 Å². The largest absolute Gasteiger partial charge is 0.481 e. The van der Waals surface area contributed by atoms with E-state index in [0.29, 0.717) is 12.2 Å². The minimum atomic E-state index is -5.57. The number of phosphoric ester groups is 3. The Morgan fingerprint density at radius 2 is 1.78 bits per heavy atom. The van der Waals surface area contributed by atoms with Gasteiger partial charge in [-0.05, 0) is 0 Å². The lowest BCUT2D eigenvalue weighted by atomic mass is 9.87. The zero-order valence-corrected chi connectivity index (χ0v) is 32.1. The minimum absolute atomic E-state index is 0.0279. The molecule has 3 unspecified atom stereocenters. The molecule has 1 fully saturated rings. The summed E-state index contributed by atoms with van der Waals surface area (Å²) in [5.41, 5.74) is 4.25. The van der Waals surface area contributed by atoms with Crippen molar-refractivity contribution in [1.82, 2.24) is 30.2 Å². The Hall–Kier alpha value is -2.88. The Kier molecular flexibility index (Phi) is 16.3. The van der Waals surface area contributed by atoms with E-state index in [1.165, 1.54) is 13.8 Å². The predicted octanol–water partition coefficient (Wildman–Crippen LogP) is -0.922. The fourth-order valence-electron chi connectivity index (χ4n) is 4.54. The van der Waals surface area contributed by atoms with E-state index in [1.54, 1.807) is 0 Å². The highest BCUT2D eigenvalue weighted by Gasteiger charge is 2.50. The number of fused-ring (bicyclic) bond motifs is 1. The molecule has 0 aliphatic carbocycles. The van der Waals surface area contributed by atoms with Gasteiger partial charge in [0.2, 0.25) is 11.8 Å². The summed E-state index contributed by atoms with van der Waals surface area (Å²) in [6.45, 7) is 0.435. The average molecular weight is 848 g/mol. The van der Waals surface area contributed by atoms with Gasteiger partial charge in [0, 0.05) is 43.5 Å². The topological polar surface area (TPSA) is 364 Å². The number of phosphoric acid groups is 3. The number of terminal acetylenes is 1. The molecule has 54 heavy (non-hydrogen) atoms. The molecule has 3 rings (SSSR count). The lowest BCUT2D eigenvalue weighted by Crippen LogP contribution is -2.46. The molecule has 3 heterocycles. The highest BCUT2D eigenvalue weighted by Crippen LogP contribution is 2.61. The maximum absolute atomic E-state index is 12.6. The van der Waals surface area contributed by atoms with E-state index in [-0.39, 0.29) is 48.0 Å². The number of thioether (sulfide) groups is 1. The molecule has 0 radical (unpaired) electrons. The number of nitrogens with zero attached hydrogens (tertiary/aromatic N) is 4. The van der Waals surface area contributed by atoms with Crippen molar-refractivity contribution in [3.8, 4) is 12.3 Å². The van der Waals surface area contributed by atoms with E-state index in [1.807, 2.05) is 0 Å². The van der Waals surface area contributed by atoms with Crippen molar-refractivity contribution in [2.75, 3.05) is 37.8 Å². The van der Waals surface area contributed by atoms with E-state index in [9.17, 15) is 57.9 Å². The molecule has 10 N–H and O–H groups in total. The molecule has 24 nitrogen and oxygen atoms in total. The van der Waals surface area contributed by atoms with Gasteiger partial charge in [0.05, 0.1) is 19.5 Å². The third-order valence-electron chi connectivity index (χ3n) is 7.24. The number of aliphatic hydroxyl groups is 2. The number of anilines is 1. The highest BCUT2D eigenvalue weighted by atomic mass is 32.2. The number of aromatic nitrogens is 4. The number of ether oxygens (including phenoxy) is 1. The molecule has 302 valence electrons. The average Bonchev–Trinajstić information content (AvgIpc) is 3.63. The smallest absolute Gasteiger partial charge is 0.386 e. The second kappa shape index (κ2) is 19.3. The van der Waals surface area contributed by atoms with Gasteiger partial charge in [-0.15, -0.1) is 12.3 Å². The van der Waals surface area contributed by atoms with Gasteiger partial charge in [0.1, 0.15) is 36.3 Å². The molecule has 2 amide bonds. The van der Waals surface area contributed by atoms with Crippen molar-refractivity contribution in [3.05, 3.63) is 12.7 Å². The number of hydrogen-bond acceptors (Lipinski definition) is 18. The summed E-state index contributed by atoms with van der Waals surface area (Å²) in [6, 6.07) is 0. The van der Waals surface area contributed by atoms with Gasteiger partial charge < -0.3 is 50.9 Å². The maximum Gasteiger partial charge on any atom is 0.481 e. The molecule has 0 bridgehead atoms. The number of imidazole rings is 1. The minimum Gasteiger partial charge on any atom is -0.386 e. The van der Waals surface area contributed by atoms with Gasteiger partial charge in [-0.25, -0.2) is 28.6 Å². The lowest BCUT2D eigenvalue weighted by Gasteiger charge is -2.30. The first kappa shape index (κ1) is 45.5. The number of nitrogens with one attached hydrogen (secondary N) is 2. The summed E-state index contributed by atoms with van der Waals surface area (Å²) >= 11 is 1.01. The van der Waals surface area contributed by atoms with Crippen LogP contribution in [-0.4, -0.2) is 123 Å². The van der Waals surface area contributed by atoms with E-state index < -0.39 is 84.6 Å². The van der Waals surface area contributed by atoms with Crippen LogP contribution < -0.4 is 16.4 Å². The molecule has 1 aliphatic rings. The predicted molar refractivity (Wildman–Crippen MR) is 185 cm³/mol. The van der Waals surface area contributed by atoms with Gasteiger partial charge in [0.25, 0.3) is 0 Å². The molecular formula is C26H40N7O17P3S. The van der Waals surface area contributed by atoms with Crippen LogP contribution in [0.2, 0.25) is 0 Å². The SMILES string of the molecule is C#CCCC(=O)SCCNC(=O)CCNC(=O)[C@H](O)C(C)(C)COP(=O)(O)OP(=O)(O)OC[C@H]1O[C@@H](n2cnc3c(N)ncnc32)C(O)[C@H]1OP(=O)(O)O. The number of nitrogen functional groups attached to an aromatic ring is 1. The van der Waals surface area contributed by atoms with Gasteiger partial charge in [-0.1, -0.05) is 25.6 Å². The van der Waals surface area contributed by atoms with Crippen LogP contribution >= 0.6 is 35.2 Å². The van der Waals surface area contributed by atoms with Crippen molar-refractivity contribution in [1.29, 1.82) is 0 Å². The van der Waals surface area contributed by atoms with Gasteiger partial charge >= 0.3 is 23.5 Å². The summed E-state index contributed by atoms with van der Waals surface area (Å²) in [5, 5.41) is 26.1. The number of nitrogens with two attached hydrogens (primary N) is 1. The first-order chi connectivity index (χ1) is 25.1. The van der Waals surface area contributed by atoms with Gasteiger partial charge in [0.15, 0.2) is 22.8 Å². The fraction of sp³-hybridized carbons (Fsp3) is 0.615. The number of aliphatic hydroxyl groups excluding tert-OH is 2. The van der Waals surface area contributed by atoms with Crippen molar-refractivity contribution in [2.45, 2.75) is 63.8 Å². The van der Waals surface area contributed by atoms with Crippen LogP contribution in [0.5, 0.6) is 0 Å². The summed E-state index contributed by atoms with van der Waals surface area (Å²) in [7, 11) is -16.4. The van der Waals surface area contributed by atoms with Gasteiger partial charge in [-0.2, -0.15) is 4.31 Å². The van der Waals surface area contributed by atoms with Crippen LogP contribution in [0, 0.1) is 17.8 Å². The van der Waals surface area contributed by atoms with Crippen molar-refractivity contribution >= 4 is 69.1 Å². The van der Waals surface area contributed by atoms with Crippen LogP contribution in [0.4, 0.5) is 5.82 Å². The van der Waals surface area contributed by atoms with Crippen LogP contribution in [-0.2, 0) is 50.7 Å². The Balaban J connectivity index is 1.51. The summed E-state index contributed by atoms with van der Waals surface area (Å²) in [4.78, 5) is 86.9. The highest BCUT2D eigenvalue weighted by molar-refractivity contribution is 8.13. The zero-order chi connectivity index (χ0) is 40.5. The third kappa shape index (κ3) is 13.7. The molecule has 2 aromatic heterocycles. The molecule has 28 heteroatoms. The number of carbonyl (C=O) groups is 3. The number of rotatable bonds is 21. The Labute approximate surface area is 311 Å². The van der Waals surface area contributed by atoms with E-state index in [4.69, 9.17) is 25.9 Å². The summed E-state index contributed by atoms with van der Waals surface area (Å²) in [6.07, 6.45) is -1.31. The molecule has 0 spiro atoms. The standard InChI is InChI=1S/C26H40N7O17P3S/c1-4-5-6-17(35)54-10-9-28-16(34)7-8-29-24(38)21(37)26(2,3)12-47-53(44,45)50-52(42,43)46-11-15-20(49-51(39,40)41)19(36)25(48-15)33-14-32-18-22(27)30-13-31-23(18)33/h1,13-15,19-21,25,36-37H,5-12H2,2-3H3,(H,28,34)(H,29,38)(H,42,43)(H,44,45)(H2,27,30,31)(H2,39,40,41)/t15-,19?,20+,21+,25-/m1/s1. The second-order valence-electron chi connectivity index (χ2n) is 12.0. The van der Waals surface area contributed by atoms with E-state index >= 15 is 0 Å². The van der Waals surface area contributed by atoms with Crippen LogP contribution in [0.15, 0.2) is 12.7 Å². The normalized spacial score (nSPS) is 21.8. The molecule has 1 saturated heterocycles. The lowest BCUT2D eigenvalue weighted by molar-refractivity contribution is -0.137. The number of carbonyl (C=O) groups excluding carboxylic acids is 3. The first-order valence-corrected chi connectivity index (χ1v) is 21.0. The van der Waals surface area contributed by atoms with Gasteiger partial charge in [-0.3, -0.25) is 32.5 Å². The van der Waals surface area contributed by atoms with Crippen LogP contribution in [0.25, 0.3) is 11.2 Å². The second-order valence-corrected chi connectivity index (χ2v) is 17.4. The van der Waals surface area contributed by atoms with Crippen LogP contribution in [0.1, 0.15) is 39.3 Å². The molecule has 0 aromatic carbocycles. The zero-order valence-electron chi connectivity index (χ0n) is 28.6. The van der Waals surface area contributed by atoms with Crippen molar-refractivity contribution in [2.24, 2.45) is 5.41 Å². The van der Waals surface area contributed by atoms with Crippen LogP contribution in [0.3, 0.4) is 0 Å². The molecule has 1 aliphatic heterocycles. The Morgan fingerprint density at radius 3 is 2.44 bits per heavy atom. The summed E-state index contributed by atoms with van der Waals surface area (Å²) in [5.74, 6) is 1.19. The van der Waals surface area contributed by atoms with E-state index in [0.717, 1.165) is 29.0 Å². The van der Waals surface area contributed by atoms with Crippen molar-refractivity contribution in [3.63, 3.8) is 0 Å². The quantitative estimate of drug-likeness (QED) is 0.0416. The third-order valence-corrected chi connectivity index (χ3v) is 11.3. The van der Waals surface area contributed by atoms with E-state index in [2.05, 4.69) is 40.3 Å².